The van der Waals surface area contributed by atoms with Crippen molar-refractivity contribution in [2.24, 2.45) is 11.8 Å². The number of carbonyl (C=O) groups is 2. The number of piperidine rings is 4. The van der Waals surface area contributed by atoms with Crippen molar-refractivity contribution in [2.75, 3.05) is 19.6 Å². The lowest BCUT2D eigenvalue weighted by atomic mass is 9.70. The Bertz CT molecular complexity index is 587. The molecule has 0 spiro atoms. The van der Waals surface area contributed by atoms with Crippen LogP contribution in [0.1, 0.15) is 52.4 Å². The van der Waals surface area contributed by atoms with Crippen molar-refractivity contribution in [1.82, 2.24) is 4.90 Å². The lowest BCUT2D eigenvalue weighted by Crippen LogP contribution is -3.20. The van der Waals surface area contributed by atoms with Gasteiger partial charge in [-0.15, -0.1) is 0 Å². The summed E-state index contributed by atoms with van der Waals surface area (Å²) in [5, 5.41) is 0. The van der Waals surface area contributed by atoms with Gasteiger partial charge in [-0.1, -0.05) is 6.08 Å². The number of nitrogens with one attached hydrogen (secondary N) is 1. The van der Waals surface area contributed by atoms with Crippen LogP contribution in [-0.2, 0) is 14.3 Å². The van der Waals surface area contributed by atoms with Crippen molar-refractivity contribution in [3.63, 3.8) is 0 Å². The molecule has 4 saturated heterocycles. The number of nitrogens with zero attached hydrogens (tertiary/aromatic N) is 1. The molecule has 1 N–H and O–H groups in total. The highest BCUT2D eigenvalue weighted by molar-refractivity contribution is 5.87. The lowest BCUT2D eigenvalue weighted by Gasteiger charge is -2.55. The second-order valence-electron chi connectivity index (χ2n) is 8.50. The number of hydrogen-bond acceptors (Lipinski definition) is 3. The van der Waals surface area contributed by atoms with Gasteiger partial charge in [-0.25, -0.2) is 4.79 Å². The van der Waals surface area contributed by atoms with E-state index in [1.54, 1.807) is 4.90 Å². The molecule has 0 aromatic heterocycles. The SMILES string of the molecule is C/C=C(\C)C(=O)O[C@@H]1CC[NH+]2CC3CC(CN4C(=O)CCCC34)C2C1. The zero-order valence-electron chi connectivity index (χ0n) is 15.5. The Kier molecular flexibility index (Phi) is 4.61. The Morgan fingerprint density at radius 1 is 1.28 bits per heavy atom. The smallest absolute Gasteiger partial charge is 0.333 e. The van der Waals surface area contributed by atoms with Crippen LogP contribution >= 0.6 is 0 Å². The fourth-order valence-electron chi connectivity index (χ4n) is 5.74. The number of hydrogen-bond donors (Lipinski definition) is 1. The van der Waals surface area contributed by atoms with E-state index in [-0.39, 0.29) is 12.1 Å². The number of quaternary nitrogens is 1. The Morgan fingerprint density at radius 3 is 2.92 bits per heavy atom. The highest BCUT2D eigenvalue weighted by Gasteiger charge is 2.52. The average Bonchev–Trinajstić information content (AvgIpc) is 2.62. The lowest BCUT2D eigenvalue weighted by molar-refractivity contribution is -0.946. The molecule has 4 fully saturated rings. The number of ether oxygens (including phenoxy) is 1. The second-order valence-corrected chi connectivity index (χ2v) is 8.50. The van der Waals surface area contributed by atoms with Gasteiger partial charge in [0.2, 0.25) is 5.91 Å². The first-order valence-corrected chi connectivity index (χ1v) is 10.0. The summed E-state index contributed by atoms with van der Waals surface area (Å²) in [6, 6.07) is 1.04. The van der Waals surface area contributed by atoms with E-state index < -0.39 is 0 Å². The maximum Gasteiger partial charge on any atom is 0.333 e. The van der Waals surface area contributed by atoms with Crippen molar-refractivity contribution in [3.05, 3.63) is 11.6 Å². The molecule has 5 heteroatoms. The molecule has 25 heavy (non-hydrogen) atoms. The highest BCUT2D eigenvalue weighted by atomic mass is 16.5. The van der Waals surface area contributed by atoms with Crippen molar-refractivity contribution >= 4 is 11.9 Å². The van der Waals surface area contributed by atoms with Crippen LogP contribution in [0.4, 0.5) is 0 Å². The highest BCUT2D eigenvalue weighted by Crippen LogP contribution is 2.38. The van der Waals surface area contributed by atoms with Gasteiger partial charge < -0.3 is 14.5 Å². The average molecular weight is 347 g/mol. The van der Waals surface area contributed by atoms with Gasteiger partial charge in [0.1, 0.15) is 6.10 Å². The molecule has 4 rings (SSSR count). The first-order chi connectivity index (χ1) is 12.1. The molecule has 4 heterocycles. The Morgan fingerprint density at radius 2 is 2.12 bits per heavy atom. The minimum atomic E-state index is -0.167. The van der Waals surface area contributed by atoms with Crippen molar-refractivity contribution in [1.29, 1.82) is 0 Å². The van der Waals surface area contributed by atoms with Crippen LogP contribution in [0, 0.1) is 11.8 Å². The summed E-state index contributed by atoms with van der Waals surface area (Å²) in [4.78, 5) is 28.4. The van der Waals surface area contributed by atoms with Crippen LogP contribution in [0.5, 0.6) is 0 Å². The van der Waals surface area contributed by atoms with Crippen molar-refractivity contribution in [2.45, 2.75) is 70.6 Å². The standard InChI is InChI=1S/C20H30N2O3/c1-3-13(2)20(24)25-16-7-8-21-11-14-9-15(18(21)10-16)12-22-17(14)5-4-6-19(22)23/h3,14-18H,4-12H2,1-2H3/p+1/b13-3+/t14?,15?,16-,17?,18?/m1/s1. The van der Waals surface area contributed by atoms with Crippen LogP contribution in [0.3, 0.4) is 0 Å². The largest absolute Gasteiger partial charge is 0.459 e. The fraction of sp³-hybridized carbons (Fsp3) is 0.800. The number of fused-ring (bicyclic) bond motifs is 6. The molecular formula is C20H31N2O3+. The number of carbonyl (C=O) groups excluding carboxylic acids is 2. The molecule has 0 radical (unpaired) electrons. The topological polar surface area (TPSA) is 51.1 Å². The minimum Gasteiger partial charge on any atom is -0.459 e. The van der Waals surface area contributed by atoms with E-state index in [9.17, 15) is 9.59 Å². The van der Waals surface area contributed by atoms with Gasteiger partial charge in [0.25, 0.3) is 0 Å². The summed E-state index contributed by atoms with van der Waals surface area (Å²) in [5.74, 6) is 1.46. The summed E-state index contributed by atoms with van der Waals surface area (Å²) in [7, 11) is 0. The number of rotatable bonds is 2. The molecule has 2 bridgehead atoms. The minimum absolute atomic E-state index is 0.0440. The zero-order chi connectivity index (χ0) is 17.6. The Hall–Kier alpha value is -1.36. The van der Waals surface area contributed by atoms with E-state index in [1.165, 1.54) is 19.4 Å². The Balaban J connectivity index is 1.44. The van der Waals surface area contributed by atoms with E-state index in [0.29, 0.717) is 35.4 Å². The molecule has 0 saturated carbocycles. The van der Waals surface area contributed by atoms with E-state index in [4.69, 9.17) is 4.74 Å². The van der Waals surface area contributed by atoms with E-state index in [1.807, 2.05) is 19.9 Å². The fourth-order valence-corrected chi connectivity index (χ4v) is 5.74. The summed E-state index contributed by atoms with van der Waals surface area (Å²) >= 11 is 0. The van der Waals surface area contributed by atoms with E-state index in [2.05, 4.69) is 4.90 Å². The first-order valence-electron chi connectivity index (χ1n) is 10.0. The van der Waals surface area contributed by atoms with Gasteiger partial charge in [-0.2, -0.15) is 0 Å². The monoisotopic (exact) mass is 347 g/mol. The number of amides is 1. The maximum absolute atomic E-state index is 12.4. The molecule has 5 nitrogen and oxygen atoms in total. The molecule has 4 aliphatic heterocycles. The molecule has 4 aliphatic rings. The van der Waals surface area contributed by atoms with Crippen molar-refractivity contribution in [3.8, 4) is 0 Å². The predicted octanol–water partition coefficient (Wildman–Crippen LogP) is 0.943. The molecule has 0 aromatic carbocycles. The molecule has 1 amide bonds. The third-order valence-electron chi connectivity index (χ3n) is 7.14. The number of esters is 1. The van der Waals surface area contributed by atoms with Gasteiger partial charge in [0.15, 0.2) is 0 Å². The normalized spacial score (nSPS) is 41.0. The summed E-state index contributed by atoms with van der Waals surface area (Å²) < 4.78 is 5.76. The van der Waals surface area contributed by atoms with E-state index in [0.717, 1.165) is 38.8 Å². The van der Waals surface area contributed by atoms with Gasteiger partial charge in [0.05, 0.1) is 19.1 Å². The van der Waals surface area contributed by atoms with Gasteiger partial charge in [0, 0.05) is 49.3 Å². The van der Waals surface area contributed by atoms with E-state index >= 15 is 0 Å². The number of allylic oxidation sites excluding steroid dienone is 1. The zero-order valence-corrected chi connectivity index (χ0v) is 15.5. The maximum atomic E-state index is 12.4. The summed E-state index contributed by atoms with van der Waals surface area (Å²) in [6.45, 7) is 6.92. The molecular weight excluding hydrogens is 316 g/mol. The quantitative estimate of drug-likeness (QED) is 0.598. The van der Waals surface area contributed by atoms with Crippen LogP contribution in [-0.4, -0.2) is 54.6 Å². The third-order valence-corrected chi connectivity index (χ3v) is 7.14. The summed E-state index contributed by atoms with van der Waals surface area (Å²) in [6.07, 6.45) is 8.06. The Labute approximate surface area is 150 Å². The summed E-state index contributed by atoms with van der Waals surface area (Å²) in [5.41, 5.74) is 0.693. The van der Waals surface area contributed by atoms with Gasteiger partial charge >= 0.3 is 5.97 Å². The predicted molar refractivity (Wildman–Crippen MR) is 94.0 cm³/mol. The van der Waals surface area contributed by atoms with Gasteiger partial charge in [-0.05, 0) is 33.1 Å². The molecule has 0 aliphatic carbocycles. The first kappa shape index (κ1) is 17.1. The molecule has 0 aromatic rings. The molecule has 138 valence electrons. The molecule has 6 atom stereocenters. The second kappa shape index (κ2) is 6.75. The van der Waals surface area contributed by atoms with Crippen LogP contribution in [0.25, 0.3) is 0 Å². The van der Waals surface area contributed by atoms with Gasteiger partial charge in [-0.3, -0.25) is 4.79 Å². The third kappa shape index (κ3) is 3.12. The van der Waals surface area contributed by atoms with Crippen LogP contribution < -0.4 is 4.90 Å². The molecule has 5 unspecified atom stereocenters. The van der Waals surface area contributed by atoms with Crippen molar-refractivity contribution < 1.29 is 19.2 Å². The van der Waals surface area contributed by atoms with Crippen LogP contribution in [0.2, 0.25) is 0 Å². The van der Waals surface area contributed by atoms with Crippen LogP contribution in [0.15, 0.2) is 11.6 Å².